The average Bonchev–Trinajstić information content (AvgIpc) is 3.21. The molecule has 0 N–H and O–H groups in total. The molecule has 3 rings (SSSR count). The Hall–Kier alpha value is -2.30. The van der Waals surface area contributed by atoms with Gasteiger partial charge < -0.3 is 13.8 Å². The van der Waals surface area contributed by atoms with Gasteiger partial charge in [-0.25, -0.2) is 0 Å². The maximum Gasteiger partial charge on any atom is 0.534 e. The van der Waals surface area contributed by atoms with Crippen molar-refractivity contribution in [2.45, 2.75) is 62.8 Å². The molecule has 2 aromatic carbocycles. The first kappa shape index (κ1) is 30.2. The summed E-state index contributed by atoms with van der Waals surface area (Å²) in [7, 11) is -3.80. The first-order chi connectivity index (χ1) is 17.9. The van der Waals surface area contributed by atoms with E-state index in [9.17, 15) is 26.4 Å². The number of carbonyl (C=O) groups is 1. The molecule has 1 atom stereocenters. The normalized spacial score (nSPS) is 17.4. The van der Waals surface area contributed by atoms with Crippen LogP contribution in [-0.2, 0) is 31.5 Å². The summed E-state index contributed by atoms with van der Waals surface area (Å²) in [5.74, 6) is -0.612. The van der Waals surface area contributed by atoms with Crippen molar-refractivity contribution in [1.82, 2.24) is 4.90 Å². The van der Waals surface area contributed by atoms with Gasteiger partial charge in [0, 0.05) is 17.0 Å². The molecular formula is C27H33ClF3NO5S. The predicted octanol–water partition coefficient (Wildman–Crippen LogP) is 6.25. The minimum atomic E-state index is -5.75. The van der Waals surface area contributed by atoms with E-state index in [0.29, 0.717) is 24.6 Å². The van der Waals surface area contributed by atoms with Crippen LogP contribution in [0, 0.1) is 0 Å². The number of hydrogen-bond acceptors (Lipinski definition) is 6. The number of carbonyl (C=O) groups excluding carboxylic acids is 1. The molecule has 0 bridgehead atoms. The van der Waals surface area contributed by atoms with Gasteiger partial charge in [0.1, 0.15) is 5.75 Å². The van der Waals surface area contributed by atoms with Crippen LogP contribution in [0.15, 0.2) is 42.5 Å². The van der Waals surface area contributed by atoms with Crippen molar-refractivity contribution in [1.29, 1.82) is 0 Å². The van der Waals surface area contributed by atoms with Crippen molar-refractivity contribution in [2.24, 2.45) is 0 Å². The molecule has 0 aromatic heterocycles. The number of alkyl halides is 3. The summed E-state index contributed by atoms with van der Waals surface area (Å²) in [6.07, 6.45) is 5.23. The lowest BCUT2D eigenvalue weighted by Gasteiger charge is -2.32. The van der Waals surface area contributed by atoms with E-state index in [0.717, 1.165) is 61.8 Å². The lowest BCUT2D eigenvalue weighted by Crippen LogP contribution is -2.29. The van der Waals surface area contributed by atoms with Crippen LogP contribution in [0.25, 0.3) is 0 Å². The summed E-state index contributed by atoms with van der Waals surface area (Å²) in [6, 6.07) is 11.5. The van der Waals surface area contributed by atoms with Crippen molar-refractivity contribution in [2.75, 3.05) is 26.7 Å². The highest BCUT2D eigenvalue weighted by Crippen LogP contribution is 2.48. The lowest BCUT2D eigenvalue weighted by atomic mass is 9.72. The second kappa shape index (κ2) is 12.7. The van der Waals surface area contributed by atoms with E-state index < -0.39 is 26.8 Å². The first-order valence-corrected chi connectivity index (χ1v) is 14.4. The van der Waals surface area contributed by atoms with Crippen molar-refractivity contribution in [3.63, 3.8) is 0 Å². The molecule has 11 heteroatoms. The Morgan fingerprint density at radius 3 is 2.47 bits per heavy atom. The van der Waals surface area contributed by atoms with Crippen LogP contribution < -0.4 is 4.18 Å². The number of ether oxygens (including phenoxy) is 1. The third kappa shape index (κ3) is 7.42. The van der Waals surface area contributed by atoms with Crippen molar-refractivity contribution >= 4 is 27.7 Å². The number of aryl methyl sites for hydroxylation is 1. The maximum absolute atomic E-state index is 12.7. The van der Waals surface area contributed by atoms with Crippen molar-refractivity contribution < 1.29 is 35.3 Å². The molecule has 0 fully saturated rings. The van der Waals surface area contributed by atoms with E-state index in [2.05, 4.69) is 9.08 Å². The lowest BCUT2D eigenvalue weighted by molar-refractivity contribution is -0.144. The smallest absolute Gasteiger partial charge is 0.466 e. The Morgan fingerprint density at radius 1 is 1.11 bits per heavy atom. The fourth-order valence-electron chi connectivity index (χ4n) is 4.87. The van der Waals surface area contributed by atoms with Crippen LogP contribution in [-0.4, -0.2) is 51.5 Å². The third-order valence-corrected chi connectivity index (χ3v) is 8.12. The fourth-order valence-corrected chi connectivity index (χ4v) is 5.53. The average molecular weight is 576 g/mol. The fraction of sp³-hybridized carbons (Fsp3) is 0.519. The molecule has 0 saturated heterocycles. The molecule has 1 aliphatic carbocycles. The molecule has 0 saturated carbocycles. The molecule has 0 heterocycles. The zero-order chi connectivity index (χ0) is 28.0. The van der Waals surface area contributed by atoms with Crippen LogP contribution >= 0.6 is 11.6 Å². The molecule has 0 spiro atoms. The number of nitrogens with zero attached hydrogens (tertiary/aromatic N) is 1. The number of halogens is 4. The molecule has 1 unspecified atom stereocenters. The zero-order valence-electron chi connectivity index (χ0n) is 21.5. The van der Waals surface area contributed by atoms with E-state index in [4.69, 9.17) is 16.3 Å². The number of unbranched alkanes of at least 4 members (excludes halogenated alkanes) is 1. The Labute approximate surface area is 227 Å². The van der Waals surface area contributed by atoms with Crippen LogP contribution in [0.1, 0.15) is 62.1 Å². The van der Waals surface area contributed by atoms with E-state index in [1.54, 1.807) is 12.1 Å². The SMILES string of the molecule is CCCCOC(=O)CCN(C)CCCC1(c2ccc(OS(=O)(=O)C(F)(F)F)cc2)CCc2cc(Cl)ccc21. The predicted molar refractivity (Wildman–Crippen MR) is 140 cm³/mol. The van der Waals surface area contributed by atoms with Gasteiger partial charge >= 0.3 is 21.6 Å². The van der Waals surface area contributed by atoms with Gasteiger partial charge in [-0.1, -0.05) is 43.1 Å². The highest BCUT2D eigenvalue weighted by molar-refractivity contribution is 7.88. The molecule has 6 nitrogen and oxygen atoms in total. The number of hydrogen-bond donors (Lipinski definition) is 0. The van der Waals surface area contributed by atoms with E-state index in [-0.39, 0.29) is 5.97 Å². The molecule has 0 radical (unpaired) electrons. The number of fused-ring (bicyclic) bond motifs is 1. The van der Waals surface area contributed by atoms with E-state index >= 15 is 0 Å². The summed E-state index contributed by atoms with van der Waals surface area (Å²) in [6.45, 7) is 3.78. The van der Waals surface area contributed by atoms with Crippen LogP contribution in [0.5, 0.6) is 5.75 Å². The highest BCUT2D eigenvalue weighted by atomic mass is 35.5. The van der Waals surface area contributed by atoms with Crippen molar-refractivity contribution in [3.8, 4) is 5.75 Å². The summed E-state index contributed by atoms with van der Waals surface area (Å²) < 4.78 is 70.4. The summed E-state index contributed by atoms with van der Waals surface area (Å²) in [5.41, 5.74) is -2.85. The van der Waals surface area contributed by atoms with Crippen LogP contribution in [0.2, 0.25) is 5.02 Å². The van der Waals surface area contributed by atoms with E-state index in [1.807, 2.05) is 32.2 Å². The summed E-state index contributed by atoms with van der Waals surface area (Å²) in [5, 5.41) is 0.631. The van der Waals surface area contributed by atoms with Gasteiger partial charge in [-0.15, -0.1) is 0 Å². The molecule has 0 amide bonds. The molecular weight excluding hydrogens is 543 g/mol. The van der Waals surface area contributed by atoms with Gasteiger partial charge in [0.15, 0.2) is 0 Å². The second-order valence-electron chi connectivity index (χ2n) is 9.62. The van der Waals surface area contributed by atoms with Gasteiger partial charge in [0.2, 0.25) is 0 Å². The van der Waals surface area contributed by atoms with Gasteiger partial charge in [-0.05, 0) is 86.7 Å². The highest BCUT2D eigenvalue weighted by Gasteiger charge is 2.48. The summed E-state index contributed by atoms with van der Waals surface area (Å²) in [4.78, 5) is 14.0. The monoisotopic (exact) mass is 575 g/mol. The Bertz CT molecular complexity index is 1200. The van der Waals surface area contributed by atoms with Crippen molar-refractivity contribution in [3.05, 3.63) is 64.2 Å². The molecule has 210 valence electrons. The minimum absolute atomic E-state index is 0.210. The Balaban J connectivity index is 1.72. The minimum Gasteiger partial charge on any atom is -0.466 e. The Kier molecular flexibility index (Phi) is 10.1. The zero-order valence-corrected chi connectivity index (χ0v) is 23.1. The first-order valence-electron chi connectivity index (χ1n) is 12.6. The van der Waals surface area contributed by atoms with Gasteiger partial charge in [0.25, 0.3) is 0 Å². The largest absolute Gasteiger partial charge is 0.534 e. The van der Waals surface area contributed by atoms with Crippen LogP contribution in [0.3, 0.4) is 0 Å². The standard InChI is InChI=1S/C27H33ClF3NO5S/c1-3-4-18-36-25(33)13-17-32(2)16-5-14-26(15-12-20-19-22(28)8-11-24(20)26)21-6-9-23(10-7-21)37-38(34,35)27(29,30)31/h6-11,19H,3-5,12-18H2,1-2H3. The number of benzene rings is 2. The topological polar surface area (TPSA) is 72.9 Å². The molecule has 0 aliphatic heterocycles. The quantitative estimate of drug-likeness (QED) is 0.122. The number of rotatable bonds is 13. The van der Waals surface area contributed by atoms with Gasteiger partial charge in [0.05, 0.1) is 13.0 Å². The summed E-state index contributed by atoms with van der Waals surface area (Å²) >= 11 is 6.22. The molecule has 38 heavy (non-hydrogen) atoms. The third-order valence-electron chi connectivity index (χ3n) is 6.90. The molecule has 1 aliphatic rings. The number of esters is 1. The van der Waals surface area contributed by atoms with Gasteiger partial charge in [-0.2, -0.15) is 21.6 Å². The van der Waals surface area contributed by atoms with E-state index in [1.165, 1.54) is 12.1 Å². The van der Waals surface area contributed by atoms with Gasteiger partial charge in [-0.3, -0.25) is 4.79 Å². The Morgan fingerprint density at radius 2 is 1.82 bits per heavy atom. The molecule has 2 aromatic rings. The maximum atomic E-state index is 12.7. The van der Waals surface area contributed by atoms with Crippen LogP contribution in [0.4, 0.5) is 13.2 Å². The second-order valence-corrected chi connectivity index (χ2v) is 11.6.